The van der Waals surface area contributed by atoms with E-state index in [1.165, 1.54) is 13.8 Å². The number of anilines is 1. The molecule has 2 fully saturated rings. The first-order valence-electron chi connectivity index (χ1n) is 10.5. The first-order valence-corrected chi connectivity index (χ1v) is 10.5. The number of ketones is 1. The van der Waals surface area contributed by atoms with Gasteiger partial charge in [-0.25, -0.2) is 4.79 Å². The molecule has 0 radical (unpaired) electrons. The summed E-state index contributed by atoms with van der Waals surface area (Å²) in [4.78, 5) is 61.7. The second kappa shape index (κ2) is 9.28. The number of imide groups is 1. The molecule has 31 heavy (non-hydrogen) atoms. The molecule has 1 aliphatic heterocycles. The van der Waals surface area contributed by atoms with E-state index in [9.17, 15) is 24.0 Å². The van der Waals surface area contributed by atoms with Crippen molar-refractivity contribution in [3.05, 3.63) is 29.8 Å². The molecule has 9 heteroatoms. The Morgan fingerprint density at radius 2 is 1.94 bits per heavy atom. The Labute approximate surface area is 180 Å². The fourth-order valence-electron chi connectivity index (χ4n) is 3.95. The number of nitrogens with one attached hydrogen (secondary N) is 2. The van der Waals surface area contributed by atoms with Gasteiger partial charge in [-0.3, -0.25) is 24.1 Å². The van der Waals surface area contributed by atoms with E-state index < -0.39 is 29.6 Å². The molecule has 166 valence electrons. The molecule has 1 saturated heterocycles. The van der Waals surface area contributed by atoms with E-state index in [2.05, 4.69) is 10.6 Å². The quantitative estimate of drug-likeness (QED) is 0.372. The number of hydrogen-bond acceptors (Lipinski definition) is 6. The molecule has 1 atom stereocenters. The number of Topliss-reactive ketones (excluding diaryl/α,β-unsaturated/α-hetero) is 1. The van der Waals surface area contributed by atoms with Crippen LogP contribution in [0.25, 0.3) is 0 Å². The van der Waals surface area contributed by atoms with Crippen LogP contribution in [0.1, 0.15) is 62.7 Å². The van der Waals surface area contributed by atoms with Crippen molar-refractivity contribution < 1.29 is 28.7 Å². The van der Waals surface area contributed by atoms with E-state index in [4.69, 9.17) is 4.74 Å². The number of nitrogens with zero attached hydrogens (tertiary/aromatic N) is 1. The molecule has 2 N–H and O–H groups in total. The van der Waals surface area contributed by atoms with Gasteiger partial charge >= 0.3 is 12.0 Å². The maximum Gasteiger partial charge on any atom is 0.325 e. The van der Waals surface area contributed by atoms with Crippen molar-refractivity contribution in [2.24, 2.45) is 0 Å². The van der Waals surface area contributed by atoms with Crippen molar-refractivity contribution in [3.8, 4) is 0 Å². The SMILES string of the molecule is CC(=O)c1cccc(NC(=O)[C@@H](C)OC(=O)CCCN2C(=O)NC3(CCCC3)C2=O)c1. The van der Waals surface area contributed by atoms with Crippen molar-refractivity contribution in [3.63, 3.8) is 0 Å². The van der Waals surface area contributed by atoms with Crippen molar-refractivity contribution >= 4 is 35.3 Å². The first kappa shape index (κ1) is 22.5. The number of benzene rings is 1. The molecule has 2 aliphatic rings. The van der Waals surface area contributed by atoms with Gasteiger partial charge in [0.15, 0.2) is 11.9 Å². The van der Waals surface area contributed by atoms with Crippen LogP contribution in [0.2, 0.25) is 0 Å². The number of ether oxygens (including phenoxy) is 1. The zero-order valence-electron chi connectivity index (χ0n) is 17.7. The molecule has 0 unspecified atom stereocenters. The zero-order chi connectivity index (χ0) is 22.6. The standard InChI is InChI=1S/C22H27N3O6/c1-14(26)16-7-5-8-17(13-16)23-19(28)15(2)31-18(27)9-6-12-25-20(29)22(24-21(25)30)10-3-4-11-22/h5,7-8,13,15H,3-4,6,9-12H2,1-2H3,(H,23,28)(H,24,30)/t15-/m1/s1. The molecular formula is C22H27N3O6. The summed E-state index contributed by atoms with van der Waals surface area (Å²) in [6.45, 7) is 3.00. The summed E-state index contributed by atoms with van der Waals surface area (Å²) >= 11 is 0. The predicted octanol–water partition coefficient (Wildman–Crippen LogP) is 2.40. The van der Waals surface area contributed by atoms with Crippen LogP contribution in [0.4, 0.5) is 10.5 Å². The Kier molecular flexibility index (Phi) is 6.72. The summed E-state index contributed by atoms with van der Waals surface area (Å²) in [7, 11) is 0. The smallest absolute Gasteiger partial charge is 0.325 e. The second-order valence-corrected chi connectivity index (χ2v) is 8.04. The zero-order valence-corrected chi connectivity index (χ0v) is 17.7. The lowest BCUT2D eigenvalue weighted by Crippen LogP contribution is -2.44. The summed E-state index contributed by atoms with van der Waals surface area (Å²) in [5, 5.41) is 5.40. The number of carbonyl (C=O) groups is 5. The van der Waals surface area contributed by atoms with Crippen molar-refractivity contribution in [2.75, 3.05) is 11.9 Å². The second-order valence-electron chi connectivity index (χ2n) is 8.04. The summed E-state index contributed by atoms with van der Waals surface area (Å²) in [6, 6.07) is 6.05. The molecule has 1 spiro atoms. The third-order valence-corrected chi connectivity index (χ3v) is 5.68. The first-order chi connectivity index (χ1) is 14.7. The lowest BCUT2D eigenvalue weighted by atomic mass is 9.98. The molecule has 1 heterocycles. The Balaban J connectivity index is 1.43. The minimum absolute atomic E-state index is 0.0263. The normalized spacial score (nSPS) is 18.1. The number of rotatable bonds is 8. The Morgan fingerprint density at radius 3 is 2.61 bits per heavy atom. The topological polar surface area (TPSA) is 122 Å². The Bertz CT molecular complexity index is 906. The molecule has 9 nitrogen and oxygen atoms in total. The molecule has 4 amide bonds. The number of hydrogen-bond donors (Lipinski definition) is 2. The molecule has 1 saturated carbocycles. The molecule has 1 aliphatic carbocycles. The van der Waals surface area contributed by atoms with E-state index in [-0.39, 0.29) is 31.1 Å². The average molecular weight is 429 g/mol. The lowest BCUT2D eigenvalue weighted by Gasteiger charge is -2.20. The number of carbonyl (C=O) groups excluding carboxylic acids is 5. The van der Waals surface area contributed by atoms with Crippen LogP contribution in [0.5, 0.6) is 0 Å². The van der Waals surface area contributed by atoms with Crippen molar-refractivity contribution in [1.82, 2.24) is 10.2 Å². The highest BCUT2D eigenvalue weighted by atomic mass is 16.5. The predicted molar refractivity (Wildman–Crippen MR) is 111 cm³/mol. The summed E-state index contributed by atoms with van der Waals surface area (Å²) in [5.41, 5.74) is 0.131. The van der Waals surface area contributed by atoms with Gasteiger partial charge in [0.05, 0.1) is 0 Å². The molecule has 3 rings (SSSR count). The third kappa shape index (κ3) is 5.10. The van der Waals surface area contributed by atoms with E-state index in [0.717, 1.165) is 17.7 Å². The highest BCUT2D eigenvalue weighted by Crippen LogP contribution is 2.35. The molecule has 0 aromatic heterocycles. The van der Waals surface area contributed by atoms with Crippen LogP contribution in [-0.4, -0.2) is 52.7 Å². The number of amides is 4. The van der Waals surface area contributed by atoms with Gasteiger partial charge < -0.3 is 15.4 Å². The highest BCUT2D eigenvalue weighted by molar-refractivity contribution is 6.07. The fraction of sp³-hybridized carbons (Fsp3) is 0.500. The largest absolute Gasteiger partial charge is 0.453 e. The number of urea groups is 1. The molecule has 1 aromatic carbocycles. The summed E-state index contributed by atoms with van der Waals surface area (Å²) < 4.78 is 5.15. The van der Waals surface area contributed by atoms with Gasteiger partial charge in [0, 0.05) is 24.2 Å². The minimum Gasteiger partial charge on any atom is -0.453 e. The van der Waals surface area contributed by atoms with Gasteiger partial charge in [0.2, 0.25) is 0 Å². The van der Waals surface area contributed by atoms with Crippen LogP contribution < -0.4 is 10.6 Å². The van der Waals surface area contributed by atoms with E-state index >= 15 is 0 Å². The van der Waals surface area contributed by atoms with Crippen LogP contribution in [0.3, 0.4) is 0 Å². The Hall–Kier alpha value is -3.23. The van der Waals surface area contributed by atoms with Crippen molar-refractivity contribution in [2.45, 2.75) is 64.0 Å². The van der Waals surface area contributed by atoms with Crippen LogP contribution in [0, 0.1) is 0 Å². The third-order valence-electron chi connectivity index (χ3n) is 5.68. The van der Waals surface area contributed by atoms with Gasteiger partial charge in [-0.05, 0) is 45.2 Å². The van der Waals surface area contributed by atoms with Crippen LogP contribution in [-0.2, 0) is 19.1 Å². The van der Waals surface area contributed by atoms with E-state index in [0.29, 0.717) is 24.1 Å². The van der Waals surface area contributed by atoms with Gasteiger partial charge in [-0.15, -0.1) is 0 Å². The van der Waals surface area contributed by atoms with Crippen LogP contribution in [0.15, 0.2) is 24.3 Å². The highest BCUT2D eigenvalue weighted by Gasteiger charge is 2.52. The van der Waals surface area contributed by atoms with Gasteiger partial charge in [0.1, 0.15) is 5.54 Å². The molecule has 0 bridgehead atoms. The summed E-state index contributed by atoms with van der Waals surface area (Å²) in [5.74, 6) is -1.46. The van der Waals surface area contributed by atoms with E-state index in [1.54, 1.807) is 24.3 Å². The summed E-state index contributed by atoms with van der Waals surface area (Å²) in [6.07, 6.45) is 2.31. The van der Waals surface area contributed by atoms with Crippen molar-refractivity contribution in [1.29, 1.82) is 0 Å². The number of esters is 1. The maximum atomic E-state index is 12.6. The van der Waals surface area contributed by atoms with Crippen LogP contribution >= 0.6 is 0 Å². The maximum absolute atomic E-state index is 12.6. The van der Waals surface area contributed by atoms with E-state index in [1.807, 2.05) is 0 Å². The molecule has 1 aromatic rings. The van der Waals surface area contributed by atoms with Gasteiger partial charge in [-0.1, -0.05) is 25.0 Å². The lowest BCUT2D eigenvalue weighted by molar-refractivity contribution is -0.153. The van der Waals surface area contributed by atoms with Gasteiger partial charge in [0.25, 0.3) is 11.8 Å². The molecular weight excluding hydrogens is 402 g/mol. The average Bonchev–Trinajstić information content (AvgIpc) is 3.28. The Morgan fingerprint density at radius 1 is 1.23 bits per heavy atom. The monoisotopic (exact) mass is 429 g/mol. The van der Waals surface area contributed by atoms with Gasteiger partial charge in [-0.2, -0.15) is 0 Å². The fourth-order valence-corrected chi connectivity index (χ4v) is 3.95. The minimum atomic E-state index is -1.04.